The first-order valence-electron chi connectivity index (χ1n) is 17.8. The van der Waals surface area contributed by atoms with Gasteiger partial charge in [0.15, 0.2) is 0 Å². The minimum Gasteiger partial charge on any atom is -0.0622 e. The highest BCUT2D eigenvalue weighted by atomic mass is 14.3. The average Bonchev–Trinajstić information content (AvgIpc) is 3.13. The maximum absolute atomic E-state index is 2.47. The molecule has 0 aliphatic rings. The molecular formula is C50H44. The normalized spacial score (nSPS) is 12.2. The van der Waals surface area contributed by atoms with Gasteiger partial charge in [0.25, 0.3) is 0 Å². The summed E-state index contributed by atoms with van der Waals surface area (Å²) in [6.45, 7) is 13.9. The number of benzene rings is 8. The van der Waals surface area contributed by atoms with Crippen LogP contribution in [0.5, 0.6) is 0 Å². The Balaban J connectivity index is 1.44. The second-order valence-electron chi connectivity index (χ2n) is 15.9. The van der Waals surface area contributed by atoms with E-state index in [1.165, 1.54) is 88.0 Å². The Bertz CT molecular complexity index is 2530. The van der Waals surface area contributed by atoms with Crippen LogP contribution >= 0.6 is 0 Å². The zero-order valence-electron chi connectivity index (χ0n) is 30.0. The molecular weight excluding hydrogens is 601 g/mol. The van der Waals surface area contributed by atoms with Crippen molar-refractivity contribution in [3.05, 3.63) is 169 Å². The van der Waals surface area contributed by atoms with Gasteiger partial charge in [-0.3, -0.25) is 0 Å². The van der Waals surface area contributed by atoms with E-state index in [-0.39, 0.29) is 10.8 Å². The highest BCUT2D eigenvalue weighted by Crippen LogP contribution is 2.47. The second-order valence-corrected chi connectivity index (χ2v) is 15.9. The monoisotopic (exact) mass is 644 g/mol. The molecule has 0 aliphatic carbocycles. The summed E-state index contributed by atoms with van der Waals surface area (Å²) in [5.41, 5.74) is 12.7. The van der Waals surface area contributed by atoms with Gasteiger partial charge in [-0.1, -0.05) is 169 Å². The van der Waals surface area contributed by atoms with Gasteiger partial charge in [0.2, 0.25) is 0 Å². The van der Waals surface area contributed by atoms with E-state index in [0.29, 0.717) is 0 Å². The minimum absolute atomic E-state index is 0.0132. The van der Waals surface area contributed by atoms with Crippen LogP contribution in [-0.2, 0) is 10.8 Å². The Labute approximate surface area is 297 Å². The maximum atomic E-state index is 2.47. The molecule has 244 valence electrons. The summed E-state index contributed by atoms with van der Waals surface area (Å²) in [4.78, 5) is 0. The van der Waals surface area contributed by atoms with E-state index < -0.39 is 0 Å². The second kappa shape index (κ2) is 12.1. The van der Waals surface area contributed by atoms with E-state index in [4.69, 9.17) is 0 Å². The minimum atomic E-state index is 0.0132. The van der Waals surface area contributed by atoms with E-state index in [9.17, 15) is 0 Å². The fourth-order valence-electron chi connectivity index (χ4n) is 7.49. The third-order valence-electron chi connectivity index (χ3n) is 10.3. The summed E-state index contributed by atoms with van der Waals surface area (Å²) >= 11 is 0. The van der Waals surface area contributed by atoms with Gasteiger partial charge in [0.1, 0.15) is 0 Å². The molecule has 8 rings (SSSR count). The van der Waals surface area contributed by atoms with Crippen molar-refractivity contribution in [3.63, 3.8) is 0 Å². The highest BCUT2D eigenvalue weighted by Gasteiger charge is 2.23. The van der Waals surface area contributed by atoms with Crippen molar-refractivity contribution in [2.45, 2.75) is 52.4 Å². The Morgan fingerprint density at radius 3 is 1.28 bits per heavy atom. The lowest BCUT2D eigenvalue weighted by atomic mass is 9.79. The third-order valence-corrected chi connectivity index (χ3v) is 10.3. The van der Waals surface area contributed by atoms with E-state index in [2.05, 4.69) is 199 Å². The molecule has 0 amide bonds. The fourth-order valence-corrected chi connectivity index (χ4v) is 7.49. The van der Waals surface area contributed by atoms with Gasteiger partial charge in [-0.2, -0.15) is 0 Å². The van der Waals surface area contributed by atoms with Crippen LogP contribution in [0.25, 0.3) is 76.8 Å². The van der Waals surface area contributed by atoms with Crippen molar-refractivity contribution in [1.82, 2.24) is 0 Å². The molecule has 8 aromatic rings. The number of hydrogen-bond donors (Lipinski definition) is 0. The highest BCUT2D eigenvalue weighted by molar-refractivity contribution is 6.22. The standard InChI is InChI=1S/C50H44/c1-49(2,3)41-25-27-44-45(31-41)47(39-21-13-20-38(30-39)37-19-12-18-36(28-37)33-14-8-7-9-15-33)43-26-24-42(50(4,5)6)32-46(43)48(44)40-23-22-34-16-10-11-17-35(34)29-40/h7-32H,1-6H3. The summed E-state index contributed by atoms with van der Waals surface area (Å²) < 4.78 is 0. The van der Waals surface area contributed by atoms with Crippen molar-refractivity contribution < 1.29 is 0 Å². The molecule has 0 heteroatoms. The first-order chi connectivity index (χ1) is 24.0. The first-order valence-corrected chi connectivity index (χ1v) is 17.8. The number of rotatable bonds is 4. The molecule has 0 bridgehead atoms. The molecule has 0 aliphatic heterocycles. The lowest BCUT2D eigenvalue weighted by Crippen LogP contribution is -2.11. The summed E-state index contributed by atoms with van der Waals surface area (Å²) in [6, 6.07) is 58.9. The van der Waals surface area contributed by atoms with Crippen LogP contribution in [0.15, 0.2) is 158 Å². The molecule has 0 N–H and O–H groups in total. The van der Waals surface area contributed by atoms with Gasteiger partial charge in [-0.05, 0) is 129 Å². The summed E-state index contributed by atoms with van der Waals surface area (Å²) in [5, 5.41) is 7.70. The molecule has 8 aromatic carbocycles. The van der Waals surface area contributed by atoms with E-state index in [0.717, 1.165) is 0 Å². The smallest absolute Gasteiger partial charge is 0.00260 e. The van der Waals surface area contributed by atoms with Gasteiger partial charge in [-0.25, -0.2) is 0 Å². The van der Waals surface area contributed by atoms with Gasteiger partial charge >= 0.3 is 0 Å². The summed E-state index contributed by atoms with van der Waals surface area (Å²) in [5.74, 6) is 0. The van der Waals surface area contributed by atoms with Crippen LogP contribution in [0.4, 0.5) is 0 Å². The molecule has 0 aromatic heterocycles. The topological polar surface area (TPSA) is 0 Å². The van der Waals surface area contributed by atoms with Gasteiger partial charge in [-0.15, -0.1) is 0 Å². The van der Waals surface area contributed by atoms with Crippen molar-refractivity contribution in [1.29, 1.82) is 0 Å². The largest absolute Gasteiger partial charge is 0.0622 e. The van der Waals surface area contributed by atoms with E-state index in [1.807, 2.05) is 0 Å². The molecule has 0 fully saturated rings. The molecule has 0 spiro atoms. The molecule has 0 radical (unpaired) electrons. The average molecular weight is 645 g/mol. The van der Waals surface area contributed by atoms with Crippen LogP contribution in [0.3, 0.4) is 0 Å². The predicted octanol–water partition coefficient (Wildman–Crippen LogP) is 14.4. The maximum Gasteiger partial charge on any atom is -0.00260 e. The summed E-state index contributed by atoms with van der Waals surface area (Å²) in [6.07, 6.45) is 0. The van der Waals surface area contributed by atoms with Crippen molar-refractivity contribution in [2.75, 3.05) is 0 Å². The van der Waals surface area contributed by atoms with Gasteiger partial charge in [0, 0.05) is 0 Å². The van der Waals surface area contributed by atoms with Gasteiger partial charge < -0.3 is 0 Å². The zero-order valence-corrected chi connectivity index (χ0v) is 30.0. The SMILES string of the molecule is CC(C)(C)c1ccc2c(-c3ccc4ccccc4c3)c3cc(C(C)(C)C)ccc3c(-c3cccc(-c4cccc(-c5ccccc5)c4)c3)c2c1. The Morgan fingerprint density at radius 2 is 0.720 bits per heavy atom. The Kier molecular flexibility index (Phi) is 7.72. The molecule has 0 atom stereocenters. The lowest BCUT2D eigenvalue weighted by molar-refractivity contribution is 0.590. The quantitative estimate of drug-likeness (QED) is 0.167. The number of fused-ring (bicyclic) bond motifs is 3. The Hall–Kier alpha value is -5.46. The Morgan fingerprint density at radius 1 is 0.280 bits per heavy atom. The predicted molar refractivity (Wildman–Crippen MR) is 218 cm³/mol. The molecule has 0 saturated heterocycles. The van der Waals surface area contributed by atoms with Crippen molar-refractivity contribution in [2.24, 2.45) is 0 Å². The van der Waals surface area contributed by atoms with Crippen LogP contribution in [0.2, 0.25) is 0 Å². The van der Waals surface area contributed by atoms with Crippen LogP contribution in [0.1, 0.15) is 52.7 Å². The summed E-state index contributed by atoms with van der Waals surface area (Å²) in [7, 11) is 0. The molecule has 0 nitrogen and oxygen atoms in total. The zero-order chi connectivity index (χ0) is 34.6. The van der Waals surface area contributed by atoms with Crippen LogP contribution in [-0.4, -0.2) is 0 Å². The van der Waals surface area contributed by atoms with E-state index in [1.54, 1.807) is 0 Å². The molecule has 0 heterocycles. The van der Waals surface area contributed by atoms with Crippen molar-refractivity contribution in [3.8, 4) is 44.5 Å². The molecule has 0 saturated carbocycles. The fraction of sp³-hybridized carbons (Fsp3) is 0.160. The number of hydrogen-bond acceptors (Lipinski definition) is 0. The first kappa shape index (κ1) is 31.8. The van der Waals surface area contributed by atoms with E-state index >= 15 is 0 Å². The third kappa shape index (κ3) is 5.80. The van der Waals surface area contributed by atoms with Crippen LogP contribution in [0, 0.1) is 0 Å². The van der Waals surface area contributed by atoms with Crippen LogP contribution < -0.4 is 0 Å². The molecule has 50 heavy (non-hydrogen) atoms. The van der Waals surface area contributed by atoms with Gasteiger partial charge in [0.05, 0.1) is 0 Å². The molecule has 0 unspecified atom stereocenters. The van der Waals surface area contributed by atoms with Crippen molar-refractivity contribution >= 4 is 32.3 Å². The lowest BCUT2D eigenvalue weighted by Gasteiger charge is -2.25.